The summed E-state index contributed by atoms with van der Waals surface area (Å²) in [6, 6.07) is 8.13. The molecule has 1 saturated carbocycles. The van der Waals surface area contributed by atoms with Gasteiger partial charge in [-0.15, -0.1) is 0 Å². The summed E-state index contributed by atoms with van der Waals surface area (Å²) in [6.45, 7) is 0.658. The van der Waals surface area contributed by atoms with Crippen molar-refractivity contribution in [3.8, 4) is 5.75 Å². The SMILES string of the molecule is COc1ccc(NCCC(=O)NC2CCCCCC2)cc1. The quantitative estimate of drug-likeness (QED) is 0.790. The van der Waals surface area contributed by atoms with Crippen LogP contribution in [0.3, 0.4) is 0 Å². The van der Waals surface area contributed by atoms with E-state index >= 15 is 0 Å². The molecule has 0 spiro atoms. The maximum absolute atomic E-state index is 11.9. The van der Waals surface area contributed by atoms with Gasteiger partial charge in [-0.05, 0) is 37.1 Å². The predicted molar refractivity (Wildman–Crippen MR) is 85.7 cm³/mol. The molecule has 0 aliphatic heterocycles. The van der Waals surface area contributed by atoms with E-state index in [2.05, 4.69) is 10.6 Å². The molecule has 1 aromatic carbocycles. The van der Waals surface area contributed by atoms with Crippen molar-refractivity contribution in [2.24, 2.45) is 0 Å². The molecule has 2 N–H and O–H groups in total. The number of amides is 1. The lowest BCUT2D eigenvalue weighted by Crippen LogP contribution is -2.35. The van der Waals surface area contributed by atoms with E-state index in [1.54, 1.807) is 7.11 Å². The van der Waals surface area contributed by atoms with E-state index in [9.17, 15) is 4.79 Å². The average molecular weight is 290 g/mol. The maximum atomic E-state index is 11.9. The van der Waals surface area contributed by atoms with Gasteiger partial charge in [-0.3, -0.25) is 4.79 Å². The van der Waals surface area contributed by atoms with Gasteiger partial charge >= 0.3 is 0 Å². The fourth-order valence-electron chi connectivity index (χ4n) is 2.75. The van der Waals surface area contributed by atoms with Crippen molar-refractivity contribution in [2.75, 3.05) is 19.0 Å². The second-order valence-corrected chi connectivity index (χ2v) is 5.66. The Morgan fingerprint density at radius 2 is 1.81 bits per heavy atom. The van der Waals surface area contributed by atoms with Crippen LogP contribution in [0.15, 0.2) is 24.3 Å². The van der Waals surface area contributed by atoms with Crippen molar-refractivity contribution >= 4 is 11.6 Å². The van der Waals surface area contributed by atoms with Crippen molar-refractivity contribution in [1.29, 1.82) is 0 Å². The van der Waals surface area contributed by atoms with Crippen molar-refractivity contribution in [1.82, 2.24) is 5.32 Å². The highest BCUT2D eigenvalue weighted by Crippen LogP contribution is 2.17. The molecule has 0 atom stereocenters. The highest BCUT2D eigenvalue weighted by molar-refractivity contribution is 5.76. The minimum atomic E-state index is 0.155. The Hall–Kier alpha value is -1.71. The third kappa shape index (κ3) is 5.66. The molecule has 2 rings (SSSR count). The van der Waals surface area contributed by atoms with Gasteiger partial charge in [0.2, 0.25) is 5.91 Å². The standard InChI is InChI=1S/C17H26N2O2/c1-21-16-10-8-14(9-11-16)18-13-12-17(20)19-15-6-4-2-3-5-7-15/h8-11,15,18H,2-7,12-13H2,1H3,(H,19,20). The highest BCUT2D eigenvalue weighted by Gasteiger charge is 2.14. The van der Waals surface area contributed by atoms with Crippen LogP contribution in [-0.4, -0.2) is 25.6 Å². The summed E-state index contributed by atoms with van der Waals surface area (Å²) in [5, 5.41) is 6.42. The Bertz CT molecular complexity index is 423. The van der Waals surface area contributed by atoms with Gasteiger partial charge in [0.15, 0.2) is 0 Å². The van der Waals surface area contributed by atoms with Gasteiger partial charge in [-0.1, -0.05) is 25.7 Å². The van der Waals surface area contributed by atoms with Crippen LogP contribution in [0.2, 0.25) is 0 Å². The molecule has 0 unspecified atom stereocenters. The van der Waals surface area contributed by atoms with E-state index in [1.165, 1.54) is 25.7 Å². The molecule has 0 heterocycles. The normalized spacial score (nSPS) is 16.0. The zero-order valence-corrected chi connectivity index (χ0v) is 12.9. The number of ether oxygens (including phenoxy) is 1. The monoisotopic (exact) mass is 290 g/mol. The molecule has 0 radical (unpaired) electrons. The van der Waals surface area contributed by atoms with Crippen LogP contribution >= 0.6 is 0 Å². The summed E-state index contributed by atoms with van der Waals surface area (Å²) in [5.74, 6) is 0.995. The zero-order chi connectivity index (χ0) is 14.9. The topological polar surface area (TPSA) is 50.4 Å². The second kappa shape index (κ2) is 8.55. The van der Waals surface area contributed by atoms with Crippen molar-refractivity contribution in [3.05, 3.63) is 24.3 Å². The lowest BCUT2D eigenvalue weighted by molar-refractivity contribution is -0.121. The number of methoxy groups -OCH3 is 1. The predicted octanol–water partition coefficient (Wildman–Crippen LogP) is 3.34. The average Bonchev–Trinajstić information content (AvgIpc) is 2.76. The van der Waals surface area contributed by atoms with E-state index in [-0.39, 0.29) is 5.91 Å². The number of nitrogens with one attached hydrogen (secondary N) is 2. The lowest BCUT2D eigenvalue weighted by Gasteiger charge is -2.16. The largest absolute Gasteiger partial charge is 0.497 e. The van der Waals surface area contributed by atoms with Gasteiger partial charge in [0.25, 0.3) is 0 Å². The number of rotatable bonds is 6. The van der Waals surface area contributed by atoms with E-state index in [0.717, 1.165) is 24.3 Å². The molecule has 1 aromatic rings. The van der Waals surface area contributed by atoms with Crippen molar-refractivity contribution < 1.29 is 9.53 Å². The molecule has 4 nitrogen and oxygen atoms in total. The van der Waals surface area contributed by atoms with E-state index in [4.69, 9.17) is 4.74 Å². The molecular weight excluding hydrogens is 264 g/mol. The fraction of sp³-hybridized carbons (Fsp3) is 0.588. The number of benzene rings is 1. The molecule has 0 bridgehead atoms. The summed E-state index contributed by atoms with van der Waals surface area (Å²) >= 11 is 0. The summed E-state index contributed by atoms with van der Waals surface area (Å²) in [6.07, 6.45) is 7.90. The summed E-state index contributed by atoms with van der Waals surface area (Å²) in [4.78, 5) is 11.9. The number of hydrogen-bond donors (Lipinski definition) is 2. The molecule has 1 aliphatic rings. The number of carbonyl (C=O) groups excluding carboxylic acids is 1. The first kappa shape index (κ1) is 15.7. The van der Waals surface area contributed by atoms with Gasteiger partial charge < -0.3 is 15.4 Å². The Morgan fingerprint density at radius 1 is 1.14 bits per heavy atom. The lowest BCUT2D eigenvalue weighted by atomic mass is 10.1. The van der Waals surface area contributed by atoms with Crippen LogP contribution in [0.4, 0.5) is 5.69 Å². The molecule has 0 aromatic heterocycles. The van der Waals surface area contributed by atoms with Crippen molar-refractivity contribution in [2.45, 2.75) is 51.0 Å². The van der Waals surface area contributed by atoms with Crippen LogP contribution in [0.25, 0.3) is 0 Å². The number of hydrogen-bond acceptors (Lipinski definition) is 3. The third-order valence-corrected chi connectivity index (χ3v) is 3.99. The highest BCUT2D eigenvalue weighted by atomic mass is 16.5. The van der Waals surface area contributed by atoms with Crippen LogP contribution in [0.5, 0.6) is 5.75 Å². The minimum absolute atomic E-state index is 0.155. The minimum Gasteiger partial charge on any atom is -0.497 e. The summed E-state index contributed by atoms with van der Waals surface area (Å²) in [5.41, 5.74) is 1.01. The molecule has 116 valence electrons. The maximum Gasteiger partial charge on any atom is 0.221 e. The van der Waals surface area contributed by atoms with Gasteiger partial charge in [-0.25, -0.2) is 0 Å². The summed E-state index contributed by atoms with van der Waals surface area (Å²) in [7, 11) is 1.65. The molecule has 1 amide bonds. The Labute approximate surface area is 127 Å². The van der Waals surface area contributed by atoms with Crippen LogP contribution in [0, 0.1) is 0 Å². The first-order valence-electron chi connectivity index (χ1n) is 7.95. The molecule has 1 aliphatic carbocycles. The number of anilines is 1. The Morgan fingerprint density at radius 3 is 2.43 bits per heavy atom. The van der Waals surface area contributed by atoms with Gasteiger partial charge in [0, 0.05) is 24.7 Å². The van der Waals surface area contributed by atoms with E-state index in [0.29, 0.717) is 19.0 Å². The van der Waals surface area contributed by atoms with Crippen LogP contribution < -0.4 is 15.4 Å². The first-order valence-corrected chi connectivity index (χ1v) is 7.95. The zero-order valence-electron chi connectivity index (χ0n) is 12.9. The molecule has 21 heavy (non-hydrogen) atoms. The van der Waals surface area contributed by atoms with Crippen LogP contribution in [0.1, 0.15) is 44.9 Å². The molecule has 0 saturated heterocycles. The second-order valence-electron chi connectivity index (χ2n) is 5.66. The van der Waals surface area contributed by atoms with Crippen LogP contribution in [-0.2, 0) is 4.79 Å². The van der Waals surface area contributed by atoms with E-state index < -0.39 is 0 Å². The molecule has 4 heteroatoms. The Balaban J connectivity index is 1.66. The van der Waals surface area contributed by atoms with Gasteiger partial charge in [0.1, 0.15) is 5.75 Å². The van der Waals surface area contributed by atoms with Crippen molar-refractivity contribution in [3.63, 3.8) is 0 Å². The first-order chi connectivity index (χ1) is 10.3. The Kier molecular flexibility index (Phi) is 6.38. The van der Waals surface area contributed by atoms with E-state index in [1.807, 2.05) is 24.3 Å². The molecule has 1 fully saturated rings. The van der Waals surface area contributed by atoms with Gasteiger partial charge in [-0.2, -0.15) is 0 Å². The summed E-state index contributed by atoms with van der Waals surface area (Å²) < 4.78 is 5.11. The number of carbonyl (C=O) groups is 1. The smallest absolute Gasteiger partial charge is 0.221 e. The third-order valence-electron chi connectivity index (χ3n) is 3.99. The van der Waals surface area contributed by atoms with Gasteiger partial charge in [0.05, 0.1) is 7.11 Å². The fourth-order valence-corrected chi connectivity index (χ4v) is 2.75. The molecular formula is C17H26N2O2.